The highest BCUT2D eigenvalue weighted by molar-refractivity contribution is 6.05. The van der Waals surface area contributed by atoms with Crippen molar-refractivity contribution in [1.82, 2.24) is 0 Å². The third kappa shape index (κ3) is 5.91. The lowest BCUT2D eigenvalue weighted by atomic mass is 10.0. The molecule has 0 saturated heterocycles. The number of para-hydroxylation sites is 1. The van der Waals surface area contributed by atoms with Crippen molar-refractivity contribution in [3.63, 3.8) is 0 Å². The predicted octanol–water partition coefficient (Wildman–Crippen LogP) is 8.46. The van der Waals surface area contributed by atoms with Crippen LogP contribution in [-0.4, -0.2) is 22.8 Å². The minimum absolute atomic E-state index is 0.149. The van der Waals surface area contributed by atoms with Crippen molar-refractivity contribution >= 4 is 28.7 Å². The van der Waals surface area contributed by atoms with E-state index in [1.54, 1.807) is 25.1 Å². The van der Waals surface area contributed by atoms with E-state index in [0.29, 0.717) is 28.2 Å². The first kappa shape index (κ1) is 27.5. The van der Waals surface area contributed by atoms with Crippen LogP contribution in [0.5, 0.6) is 5.75 Å². The van der Waals surface area contributed by atoms with Crippen molar-refractivity contribution < 1.29 is 33.0 Å². The Kier molecular flexibility index (Phi) is 7.48. The molecule has 8 heteroatoms. The number of carbonyl (C=O) groups excluding carboxylic acids is 1. The van der Waals surface area contributed by atoms with Gasteiger partial charge in [-0.1, -0.05) is 72.8 Å². The number of benzene rings is 4. The van der Waals surface area contributed by atoms with E-state index in [9.17, 15) is 19.1 Å². The number of fused-ring (bicyclic) bond motifs is 1. The number of anilines is 1. The van der Waals surface area contributed by atoms with Crippen molar-refractivity contribution in [2.45, 2.75) is 32.5 Å². The van der Waals surface area contributed by atoms with Crippen LogP contribution in [0.1, 0.15) is 32.4 Å². The maximum Gasteiger partial charge on any atom is 0.412 e. The SMILES string of the molecule is C[C@@H](OC(=O)Nc1c(-c2ccc(-c3ccc(OC(C)(C)C(=O)O)c(F)c3)cc2)oc2ccccc12)c1ccccc1. The van der Waals surface area contributed by atoms with E-state index in [0.717, 1.165) is 16.5 Å². The first-order chi connectivity index (χ1) is 19.6. The number of ether oxygens (including phenoxy) is 2. The molecule has 5 aromatic rings. The maximum absolute atomic E-state index is 14.8. The van der Waals surface area contributed by atoms with Gasteiger partial charge in [0, 0.05) is 10.9 Å². The molecule has 5 rings (SSSR count). The van der Waals surface area contributed by atoms with Gasteiger partial charge in [-0.15, -0.1) is 0 Å². The zero-order valence-corrected chi connectivity index (χ0v) is 22.7. The van der Waals surface area contributed by atoms with Crippen LogP contribution in [-0.2, 0) is 9.53 Å². The molecule has 1 atom stereocenters. The first-order valence-electron chi connectivity index (χ1n) is 13.0. The Hall–Kier alpha value is -5.11. The van der Waals surface area contributed by atoms with Crippen LogP contribution < -0.4 is 10.1 Å². The fourth-order valence-corrected chi connectivity index (χ4v) is 4.35. The summed E-state index contributed by atoms with van der Waals surface area (Å²) in [6, 6.07) is 28.4. The van der Waals surface area contributed by atoms with E-state index in [-0.39, 0.29) is 5.75 Å². The Morgan fingerprint density at radius 1 is 0.878 bits per heavy atom. The third-order valence-corrected chi connectivity index (χ3v) is 6.67. The lowest BCUT2D eigenvalue weighted by Gasteiger charge is -2.22. The highest BCUT2D eigenvalue weighted by Crippen LogP contribution is 2.39. The maximum atomic E-state index is 14.8. The molecule has 0 saturated carbocycles. The minimum atomic E-state index is -1.58. The van der Waals surface area contributed by atoms with Crippen molar-refractivity contribution in [1.29, 1.82) is 0 Å². The van der Waals surface area contributed by atoms with Gasteiger partial charge in [0.05, 0.1) is 5.69 Å². The molecule has 41 heavy (non-hydrogen) atoms. The number of aliphatic carboxylic acids is 1. The molecule has 1 aromatic heterocycles. The van der Waals surface area contributed by atoms with Crippen molar-refractivity contribution in [2.24, 2.45) is 0 Å². The molecule has 1 heterocycles. The molecule has 0 aliphatic rings. The summed E-state index contributed by atoms with van der Waals surface area (Å²) in [5.74, 6) is -1.57. The van der Waals surface area contributed by atoms with Crippen LogP contribution in [0.25, 0.3) is 33.4 Å². The molecule has 0 bridgehead atoms. The standard InChI is InChI=1S/C33H28FNO6/c1-20(21-9-5-4-6-10-21)39-32(38)35-29-25-11-7-8-12-27(25)40-30(29)23-15-13-22(14-16-23)24-17-18-28(26(34)19-24)41-33(2,3)31(36)37/h4-20H,1-3H3,(H,35,38)(H,36,37)/t20-/m1/s1. The molecular weight excluding hydrogens is 525 g/mol. The number of hydrogen-bond donors (Lipinski definition) is 2. The topological polar surface area (TPSA) is 98.0 Å². The molecule has 0 radical (unpaired) electrons. The zero-order valence-electron chi connectivity index (χ0n) is 22.7. The number of carboxylic acid groups (broad SMARTS) is 1. The number of carbonyl (C=O) groups is 2. The van der Waals surface area contributed by atoms with Crippen molar-refractivity contribution in [3.05, 3.63) is 108 Å². The molecule has 0 aliphatic heterocycles. The third-order valence-electron chi connectivity index (χ3n) is 6.67. The first-order valence-corrected chi connectivity index (χ1v) is 13.0. The summed E-state index contributed by atoms with van der Waals surface area (Å²) in [7, 11) is 0. The number of hydrogen-bond acceptors (Lipinski definition) is 5. The summed E-state index contributed by atoms with van der Waals surface area (Å²) in [6.45, 7) is 4.51. The van der Waals surface area contributed by atoms with Crippen LogP contribution in [0.2, 0.25) is 0 Å². The van der Waals surface area contributed by atoms with E-state index in [1.165, 1.54) is 26.0 Å². The summed E-state index contributed by atoms with van der Waals surface area (Å²) >= 11 is 0. The average Bonchev–Trinajstić information content (AvgIpc) is 3.32. The second-order valence-corrected chi connectivity index (χ2v) is 10.0. The molecule has 0 fully saturated rings. The molecule has 2 N–H and O–H groups in total. The highest BCUT2D eigenvalue weighted by Gasteiger charge is 2.30. The van der Waals surface area contributed by atoms with Crippen LogP contribution in [0.15, 0.2) is 101 Å². The van der Waals surface area contributed by atoms with Gasteiger partial charge >= 0.3 is 12.1 Å². The predicted molar refractivity (Wildman–Crippen MR) is 154 cm³/mol. The van der Waals surface area contributed by atoms with Gasteiger partial charge in [0.2, 0.25) is 0 Å². The normalized spacial score (nSPS) is 12.1. The Balaban J connectivity index is 1.40. The number of furan rings is 1. The van der Waals surface area contributed by atoms with E-state index in [2.05, 4.69) is 5.32 Å². The Morgan fingerprint density at radius 3 is 2.20 bits per heavy atom. The summed E-state index contributed by atoms with van der Waals surface area (Å²) in [6.07, 6.45) is -1.07. The summed E-state index contributed by atoms with van der Waals surface area (Å²) in [5.41, 5.74) is 2.37. The summed E-state index contributed by atoms with van der Waals surface area (Å²) < 4.78 is 31.9. The number of amides is 1. The zero-order chi connectivity index (χ0) is 29.1. The Morgan fingerprint density at radius 2 is 1.51 bits per heavy atom. The number of halogens is 1. The molecule has 208 valence electrons. The van der Waals surface area contributed by atoms with Crippen molar-refractivity contribution in [3.8, 4) is 28.2 Å². The van der Waals surface area contributed by atoms with E-state index < -0.39 is 29.6 Å². The van der Waals surface area contributed by atoms with Gasteiger partial charge in [0.1, 0.15) is 11.7 Å². The van der Waals surface area contributed by atoms with Gasteiger partial charge in [-0.3, -0.25) is 5.32 Å². The lowest BCUT2D eigenvalue weighted by Crippen LogP contribution is -2.38. The van der Waals surface area contributed by atoms with Crippen LogP contribution in [0, 0.1) is 5.82 Å². The lowest BCUT2D eigenvalue weighted by molar-refractivity contribution is -0.152. The van der Waals surface area contributed by atoms with Gasteiger partial charge < -0.3 is 19.0 Å². The van der Waals surface area contributed by atoms with Crippen LogP contribution in [0.4, 0.5) is 14.9 Å². The van der Waals surface area contributed by atoms with E-state index in [4.69, 9.17) is 13.9 Å². The fraction of sp³-hybridized carbons (Fsp3) is 0.152. The van der Waals surface area contributed by atoms with Gasteiger partial charge in [-0.05, 0) is 61.7 Å². The van der Waals surface area contributed by atoms with E-state index in [1.807, 2.05) is 66.7 Å². The fourth-order valence-electron chi connectivity index (χ4n) is 4.35. The van der Waals surface area contributed by atoms with Gasteiger partial charge in [0.15, 0.2) is 22.9 Å². The summed E-state index contributed by atoms with van der Waals surface area (Å²) in [5, 5.41) is 12.8. The van der Waals surface area contributed by atoms with Gasteiger partial charge in [-0.2, -0.15) is 0 Å². The Bertz CT molecular complexity index is 1710. The number of carboxylic acids is 1. The quantitative estimate of drug-likeness (QED) is 0.200. The number of nitrogens with one attached hydrogen (secondary N) is 1. The molecule has 1 amide bonds. The van der Waals surface area contributed by atoms with Gasteiger partial charge in [0.25, 0.3) is 0 Å². The number of rotatable bonds is 8. The summed E-state index contributed by atoms with van der Waals surface area (Å²) in [4.78, 5) is 24.2. The second kappa shape index (κ2) is 11.2. The molecule has 0 spiro atoms. The molecule has 4 aromatic carbocycles. The molecular formula is C33H28FNO6. The molecule has 0 unspecified atom stereocenters. The smallest absolute Gasteiger partial charge is 0.412 e. The van der Waals surface area contributed by atoms with Gasteiger partial charge in [-0.25, -0.2) is 14.0 Å². The van der Waals surface area contributed by atoms with Crippen LogP contribution in [0.3, 0.4) is 0 Å². The van der Waals surface area contributed by atoms with Crippen LogP contribution >= 0.6 is 0 Å². The largest absolute Gasteiger partial charge is 0.478 e. The monoisotopic (exact) mass is 553 g/mol. The van der Waals surface area contributed by atoms with Crippen molar-refractivity contribution in [2.75, 3.05) is 5.32 Å². The van der Waals surface area contributed by atoms with E-state index >= 15 is 0 Å². The average molecular weight is 554 g/mol. The second-order valence-electron chi connectivity index (χ2n) is 10.0. The molecule has 0 aliphatic carbocycles. The minimum Gasteiger partial charge on any atom is -0.478 e. The Labute approximate surface area is 236 Å². The molecule has 7 nitrogen and oxygen atoms in total. The highest BCUT2D eigenvalue weighted by atomic mass is 19.1.